The summed E-state index contributed by atoms with van der Waals surface area (Å²) in [5.41, 5.74) is 1.12. The molecule has 0 aliphatic carbocycles. The zero-order valence-corrected chi connectivity index (χ0v) is 17.9. The molecule has 1 N–H and O–H groups in total. The molecule has 2 aromatic carbocycles. The Kier molecular flexibility index (Phi) is 7.30. The van der Waals surface area contributed by atoms with Crippen molar-refractivity contribution in [2.75, 3.05) is 45.3 Å². The first-order valence-electron chi connectivity index (χ1n) is 9.72. The van der Waals surface area contributed by atoms with Crippen molar-refractivity contribution in [1.82, 2.24) is 4.31 Å². The van der Waals surface area contributed by atoms with Crippen molar-refractivity contribution in [1.29, 1.82) is 0 Å². The highest BCUT2D eigenvalue weighted by Gasteiger charge is 2.29. The summed E-state index contributed by atoms with van der Waals surface area (Å²) >= 11 is 0. The number of amides is 1. The topological polar surface area (TPSA) is 94.2 Å². The molecule has 0 atom stereocenters. The molecule has 0 unspecified atom stereocenters. The van der Waals surface area contributed by atoms with E-state index in [2.05, 4.69) is 5.32 Å². The summed E-state index contributed by atoms with van der Waals surface area (Å²) in [6, 6.07) is 11.9. The number of hydrogen-bond acceptors (Lipinski definition) is 6. The second-order valence-corrected chi connectivity index (χ2v) is 8.55. The number of benzene rings is 2. The van der Waals surface area contributed by atoms with Crippen molar-refractivity contribution in [3.05, 3.63) is 48.0 Å². The fraction of sp³-hybridized carbons (Fsp3) is 0.381. The van der Waals surface area contributed by atoms with Crippen LogP contribution in [0.25, 0.3) is 0 Å². The third-order valence-corrected chi connectivity index (χ3v) is 6.58. The van der Waals surface area contributed by atoms with E-state index < -0.39 is 10.0 Å². The molecule has 1 amide bonds. The van der Waals surface area contributed by atoms with Crippen molar-refractivity contribution in [3.8, 4) is 11.5 Å². The molecule has 0 spiro atoms. The molecule has 3 rings (SSSR count). The number of ether oxygens (including phenoxy) is 3. The van der Waals surface area contributed by atoms with Crippen LogP contribution in [0.5, 0.6) is 11.5 Å². The van der Waals surface area contributed by atoms with Gasteiger partial charge in [-0.3, -0.25) is 4.79 Å². The molecule has 1 fully saturated rings. The molecule has 8 nitrogen and oxygen atoms in total. The van der Waals surface area contributed by atoms with Gasteiger partial charge in [-0.1, -0.05) is 18.2 Å². The van der Waals surface area contributed by atoms with Gasteiger partial charge in [0.2, 0.25) is 15.9 Å². The Balaban J connectivity index is 1.84. The van der Waals surface area contributed by atoms with E-state index in [0.29, 0.717) is 31.3 Å². The lowest BCUT2D eigenvalue weighted by Gasteiger charge is -2.27. The second kappa shape index (κ2) is 9.92. The summed E-state index contributed by atoms with van der Waals surface area (Å²) in [5, 5.41) is 2.77. The number of anilines is 1. The minimum atomic E-state index is -3.79. The van der Waals surface area contributed by atoms with Gasteiger partial charge in [-0.25, -0.2) is 8.42 Å². The molecule has 1 aliphatic rings. The van der Waals surface area contributed by atoms with Crippen molar-refractivity contribution < 1.29 is 27.4 Å². The van der Waals surface area contributed by atoms with Gasteiger partial charge in [0.15, 0.2) is 0 Å². The lowest BCUT2D eigenvalue weighted by atomic mass is 10.1. The summed E-state index contributed by atoms with van der Waals surface area (Å²) in [5.74, 6) is 0.597. The number of sulfonamides is 1. The molecule has 30 heavy (non-hydrogen) atoms. The van der Waals surface area contributed by atoms with Gasteiger partial charge in [0.1, 0.15) is 16.4 Å². The van der Waals surface area contributed by atoms with Crippen LogP contribution in [0.15, 0.2) is 47.4 Å². The molecule has 1 heterocycles. The van der Waals surface area contributed by atoms with Gasteiger partial charge in [0, 0.05) is 24.3 Å². The smallest absolute Gasteiger partial charge is 0.246 e. The highest BCUT2D eigenvalue weighted by molar-refractivity contribution is 7.89. The SMILES string of the molecule is CCOc1ccc(NC(=O)Cc2ccccc2OC)cc1S(=O)(=O)N1CCOCC1. The number of para-hydroxylation sites is 1. The fourth-order valence-electron chi connectivity index (χ4n) is 3.22. The van der Waals surface area contributed by atoms with Crippen LogP contribution in [0.2, 0.25) is 0 Å². The second-order valence-electron chi connectivity index (χ2n) is 6.65. The normalized spacial score (nSPS) is 14.9. The van der Waals surface area contributed by atoms with Crippen LogP contribution in [-0.2, 0) is 26.0 Å². The Morgan fingerprint density at radius 2 is 1.87 bits per heavy atom. The number of rotatable bonds is 8. The first kappa shape index (κ1) is 22.1. The minimum absolute atomic E-state index is 0.0290. The van der Waals surface area contributed by atoms with Crippen LogP contribution in [0, 0.1) is 0 Å². The maximum Gasteiger partial charge on any atom is 0.246 e. The number of morpholine rings is 1. The number of nitrogens with zero attached hydrogens (tertiary/aromatic N) is 1. The molecular weight excluding hydrogens is 408 g/mol. The Morgan fingerprint density at radius 3 is 2.57 bits per heavy atom. The Morgan fingerprint density at radius 1 is 1.13 bits per heavy atom. The zero-order valence-electron chi connectivity index (χ0n) is 17.1. The minimum Gasteiger partial charge on any atom is -0.496 e. The number of nitrogens with one attached hydrogen (secondary N) is 1. The molecule has 1 saturated heterocycles. The van der Waals surface area contributed by atoms with Gasteiger partial charge >= 0.3 is 0 Å². The van der Waals surface area contributed by atoms with E-state index in [1.54, 1.807) is 32.2 Å². The Bertz CT molecular complexity index is 987. The summed E-state index contributed by atoms with van der Waals surface area (Å²) in [6.45, 7) is 3.35. The highest BCUT2D eigenvalue weighted by atomic mass is 32.2. The number of methoxy groups -OCH3 is 1. The maximum absolute atomic E-state index is 13.2. The van der Waals surface area contributed by atoms with E-state index in [1.165, 1.54) is 10.4 Å². The molecule has 0 bridgehead atoms. The fourth-order valence-corrected chi connectivity index (χ4v) is 4.78. The quantitative estimate of drug-likeness (QED) is 0.685. The molecule has 9 heteroatoms. The van der Waals surface area contributed by atoms with Gasteiger partial charge < -0.3 is 19.5 Å². The summed E-state index contributed by atoms with van der Waals surface area (Å²) in [4.78, 5) is 12.6. The number of carbonyl (C=O) groups excluding carboxylic acids is 1. The zero-order chi connectivity index (χ0) is 21.6. The molecule has 0 aromatic heterocycles. The van der Waals surface area contributed by atoms with E-state index in [4.69, 9.17) is 14.2 Å². The van der Waals surface area contributed by atoms with E-state index >= 15 is 0 Å². The van der Waals surface area contributed by atoms with Crippen molar-refractivity contribution in [3.63, 3.8) is 0 Å². The maximum atomic E-state index is 13.2. The third-order valence-electron chi connectivity index (χ3n) is 4.66. The van der Waals surface area contributed by atoms with Gasteiger partial charge in [-0.15, -0.1) is 0 Å². The standard InChI is InChI=1S/C21H26N2O6S/c1-3-29-19-9-8-17(15-20(19)30(25,26)23-10-12-28-13-11-23)22-21(24)14-16-6-4-5-7-18(16)27-2/h4-9,15H,3,10-14H2,1-2H3,(H,22,24). The predicted molar refractivity (Wildman–Crippen MR) is 113 cm³/mol. The summed E-state index contributed by atoms with van der Waals surface area (Å²) in [7, 11) is -2.24. The van der Waals surface area contributed by atoms with Crippen LogP contribution < -0.4 is 14.8 Å². The average molecular weight is 435 g/mol. The Labute approximate surface area is 176 Å². The number of hydrogen-bond donors (Lipinski definition) is 1. The van der Waals surface area contributed by atoms with Crippen LogP contribution in [0.3, 0.4) is 0 Å². The molecule has 162 valence electrons. The molecule has 0 radical (unpaired) electrons. The van der Waals surface area contributed by atoms with Crippen molar-refractivity contribution in [2.24, 2.45) is 0 Å². The largest absolute Gasteiger partial charge is 0.496 e. The van der Waals surface area contributed by atoms with Crippen molar-refractivity contribution in [2.45, 2.75) is 18.2 Å². The Hall–Kier alpha value is -2.62. The van der Waals surface area contributed by atoms with E-state index in [9.17, 15) is 13.2 Å². The summed E-state index contributed by atoms with van der Waals surface area (Å²) in [6.07, 6.45) is 0.1000. The van der Waals surface area contributed by atoms with Crippen LogP contribution >= 0.6 is 0 Å². The van der Waals surface area contributed by atoms with Crippen LogP contribution in [-0.4, -0.2) is 58.7 Å². The van der Waals surface area contributed by atoms with Crippen molar-refractivity contribution >= 4 is 21.6 Å². The highest BCUT2D eigenvalue weighted by Crippen LogP contribution is 2.30. The van der Waals surface area contributed by atoms with E-state index in [0.717, 1.165) is 5.56 Å². The van der Waals surface area contributed by atoms with Gasteiger partial charge in [-0.05, 0) is 31.2 Å². The van der Waals surface area contributed by atoms with E-state index in [1.807, 2.05) is 18.2 Å². The van der Waals surface area contributed by atoms with Crippen LogP contribution in [0.1, 0.15) is 12.5 Å². The number of carbonyl (C=O) groups is 1. The van der Waals surface area contributed by atoms with Gasteiger partial charge in [-0.2, -0.15) is 4.31 Å². The van der Waals surface area contributed by atoms with Gasteiger partial charge in [0.05, 0.1) is 33.4 Å². The molecular formula is C21H26N2O6S. The van der Waals surface area contributed by atoms with Crippen LogP contribution in [0.4, 0.5) is 5.69 Å². The summed E-state index contributed by atoms with van der Waals surface area (Å²) < 4.78 is 43.8. The third kappa shape index (κ3) is 5.10. The monoisotopic (exact) mass is 434 g/mol. The van der Waals surface area contributed by atoms with E-state index in [-0.39, 0.29) is 36.1 Å². The molecule has 2 aromatic rings. The first-order chi connectivity index (χ1) is 14.5. The lowest BCUT2D eigenvalue weighted by molar-refractivity contribution is -0.115. The molecule has 0 saturated carbocycles. The predicted octanol–water partition coefficient (Wildman–Crippen LogP) is 2.30. The molecule has 1 aliphatic heterocycles. The lowest BCUT2D eigenvalue weighted by Crippen LogP contribution is -2.40. The average Bonchev–Trinajstić information content (AvgIpc) is 2.76. The first-order valence-corrected chi connectivity index (χ1v) is 11.2. The van der Waals surface area contributed by atoms with Gasteiger partial charge in [0.25, 0.3) is 0 Å².